The second-order valence-electron chi connectivity index (χ2n) is 10.7. The number of hydrogen-bond acceptors (Lipinski definition) is 10. The van der Waals surface area contributed by atoms with Crippen molar-refractivity contribution in [3.63, 3.8) is 0 Å². The van der Waals surface area contributed by atoms with Crippen molar-refractivity contribution < 1.29 is 47.6 Å². The van der Waals surface area contributed by atoms with Gasteiger partial charge < -0.3 is 28.4 Å². The van der Waals surface area contributed by atoms with E-state index in [1.165, 1.54) is 0 Å². The third-order valence-electron chi connectivity index (χ3n) is 7.08. The maximum Gasteiger partial charge on any atom is 0.343 e. The molecule has 0 aliphatic heterocycles. The van der Waals surface area contributed by atoms with E-state index in [1.807, 2.05) is 24.3 Å². The molecule has 0 aliphatic rings. The number of esters is 4. The summed E-state index contributed by atoms with van der Waals surface area (Å²) in [5, 5.41) is 0. The zero-order valence-corrected chi connectivity index (χ0v) is 27.5. The van der Waals surface area contributed by atoms with Gasteiger partial charge in [0.25, 0.3) is 0 Å². The molecule has 0 saturated heterocycles. The summed E-state index contributed by atoms with van der Waals surface area (Å²) < 4.78 is 32.2. The maximum atomic E-state index is 12.7. The van der Waals surface area contributed by atoms with E-state index in [-0.39, 0.29) is 0 Å². The average molecular weight is 679 g/mol. The first-order valence-corrected chi connectivity index (χ1v) is 16.0. The SMILES string of the molecule is C=CC(=O)OCCCCOc1ccc(C(=O)Oc2ccc(-c3ccc(OC(=O)c4ccc(OCCCCOC(=O)C=C)cc4)cc3)cc2)cc1. The highest BCUT2D eigenvalue weighted by Gasteiger charge is 2.11. The van der Waals surface area contributed by atoms with E-state index in [9.17, 15) is 19.2 Å². The normalized spacial score (nSPS) is 10.3. The molecule has 4 rings (SSSR count). The summed E-state index contributed by atoms with van der Waals surface area (Å²) in [5.41, 5.74) is 2.53. The van der Waals surface area contributed by atoms with Gasteiger partial charge in [0.15, 0.2) is 0 Å². The fourth-order valence-electron chi connectivity index (χ4n) is 4.39. The van der Waals surface area contributed by atoms with Gasteiger partial charge in [-0.15, -0.1) is 0 Å². The topological polar surface area (TPSA) is 124 Å². The summed E-state index contributed by atoms with van der Waals surface area (Å²) in [4.78, 5) is 47.4. The second kappa shape index (κ2) is 19.6. The Kier molecular flexibility index (Phi) is 14.4. The number of hydrogen-bond donors (Lipinski definition) is 0. The van der Waals surface area contributed by atoms with Crippen LogP contribution in [0.1, 0.15) is 46.4 Å². The molecule has 4 aromatic carbocycles. The molecule has 0 fully saturated rings. The molecule has 0 saturated carbocycles. The molecule has 0 bridgehead atoms. The van der Waals surface area contributed by atoms with Gasteiger partial charge in [-0.25, -0.2) is 19.2 Å². The lowest BCUT2D eigenvalue weighted by Gasteiger charge is -2.09. The van der Waals surface area contributed by atoms with Crippen molar-refractivity contribution >= 4 is 23.9 Å². The standard InChI is InChI=1S/C40H38O10/c1-3-37(41)47-27-7-5-25-45-33-17-13-31(14-18-33)39(43)49-35-21-9-29(10-22-35)30-11-23-36(24-12-30)50-40(44)32-15-19-34(20-16-32)46-26-6-8-28-48-38(42)4-2/h3-4,9-24H,1-2,5-8,25-28H2. The van der Waals surface area contributed by atoms with Gasteiger partial charge in [-0.3, -0.25) is 0 Å². The van der Waals surface area contributed by atoms with Gasteiger partial charge >= 0.3 is 23.9 Å². The van der Waals surface area contributed by atoms with Gasteiger partial charge in [0.05, 0.1) is 37.6 Å². The Morgan fingerprint density at radius 1 is 0.440 bits per heavy atom. The number of unbranched alkanes of at least 4 members (excludes halogenated alkanes) is 2. The summed E-state index contributed by atoms with van der Waals surface area (Å²) in [6, 6.07) is 27.5. The Balaban J connectivity index is 1.18. The zero-order valence-electron chi connectivity index (χ0n) is 27.5. The minimum atomic E-state index is -0.498. The molecule has 0 aromatic heterocycles. The Morgan fingerprint density at radius 2 is 0.760 bits per heavy atom. The molecule has 50 heavy (non-hydrogen) atoms. The lowest BCUT2D eigenvalue weighted by Crippen LogP contribution is -2.08. The first-order chi connectivity index (χ1) is 24.3. The molecule has 0 heterocycles. The summed E-state index contributed by atoms with van der Waals surface area (Å²) in [6.07, 6.45) is 5.00. The summed E-state index contributed by atoms with van der Waals surface area (Å²) in [7, 11) is 0. The van der Waals surface area contributed by atoms with Crippen molar-refractivity contribution in [3.05, 3.63) is 133 Å². The van der Waals surface area contributed by atoms with Crippen LogP contribution < -0.4 is 18.9 Å². The molecule has 0 aliphatic carbocycles. The number of carbonyl (C=O) groups is 4. The molecule has 10 heteroatoms. The molecule has 258 valence electrons. The highest BCUT2D eigenvalue weighted by Crippen LogP contribution is 2.26. The fourth-order valence-corrected chi connectivity index (χ4v) is 4.39. The first-order valence-electron chi connectivity index (χ1n) is 16.0. The average Bonchev–Trinajstić information content (AvgIpc) is 3.15. The van der Waals surface area contributed by atoms with Gasteiger partial charge in [0.2, 0.25) is 0 Å². The van der Waals surface area contributed by atoms with Gasteiger partial charge in [-0.2, -0.15) is 0 Å². The molecule has 0 radical (unpaired) electrons. The Labute approximate surface area is 290 Å². The Morgan fingerprint density at radius 3 is 1.10 bits per heavy atom. The molecule has 10 nitrogen and oxygen atoms in total. The number of rotatable bonds is 19. The minimum Gasteiger partial charge on any atom is -0.494 e. The molecule has 0 amide bonds. The predicted octanol–water partition coefficient (Wildman–Crippen LogP) is 7.57. The fraction of sp³-hybridized carbons (Fsp3) is 0.200. The van der Waals surface area contributed by atoms with E-state index < -0.39 is 23.9 Å². The quantitative estimate of drug-likeness (QED) is 0.0425. The van der Waals surface area contributed by atoms with Crippen LogP contribution in [0.25, 0.3) is 11.1 Å². The van der Waals surface area contributed by atoms with Crippen LogP contribution in [0.4, 0.5) is 0 Å². The van der Waals surface area contributed by atoms with Gasteiger partial charge in [-0.05, 0) is 110 Å². The van der Waals surface area contributed by atoms with Gasteiger partial charge in [-0.1, -0.05) is 37.4 Å². The smallest absolute Gasteiger partial charge is 0.343 e. The van der Waals surface area contributed by atoms with E-state index in [2.05, 4.69) is 13.2 Å². The van der Waals surface area contributed by atoms with Crippen molar-refractivity contribution in [1.82, 2.24) is 0 Å². The molecular formula is C40H38O10. The van der Waals surface area contributed by atoms with E-state index in [4.69, 9.17) is 28.4 Å². The van der Waals surface area contributed by atoms with Crippen LogP contribution in [0, 0.1) is 0 Å². The summed E-state index contributed by atoms with van der Waals surface area (Å²) >= 11 is 0. The summed E-state index contributed by atoms with van der Waals surface area (Å²) in [6.45, 7) is 8.21. The van der Waals surface area contributed by atoms with Crippen LogP contribution in [-0.4, -0.2) is 50.3 Å². The molecule has 0 N–H and O–H groups in total. The molecular weight excluding hydrogens is 640 g/mol. The maximum absolute atomic E-state index is 12.7. The van der Waals surface area contributed by atoms with Gasteiger partial charge in [0, 0.05) is 12.2 Å². The van der Waals surface area contributed by atoms with Crippen LogP contribution >= 0.6 is 0 Å². The molecule has 0 spiro atoms. The van der Waals surface area contributed by atoms with E-state index >= 15 is 0 Å². The third kappa shape index (κ3) is 12.1. The summed E-state index contributed by atoms with van der Waals surface area (Å²) in [5.74, 6) is 0.134. The monoisotopic (exact) mass is 678 g/mol. The Bertz CT molecular complexity index is 1590. The van der Waals surface area contributed by atoms with Crippen molar-refractivity contribution in [2.75, 3.05) is 26.4 Å². The van der Waals surface area contributed by atoms with Crippen molar-refractivity contribution in [1.29, 1.82) is 0 Å². The molecule has 0 unspecified atom stereocenters. The van der Waals surface area contributed by atoms with Crippen LogP contribution in [0.3, 0.4) is 0 Å². The van der Waals surface area contributed by atoms with Crippen molar-refractivity contribution in [3.8, 4) is 34.1 Å². The molecule has 0 atom stereocenters. The first kappa shape index (κ1) is 36.7. The lowest BCUT2D eigenvalue weighted by molar-refractivity contribution is -0.138. The largest absolute Gasteiger partial charge is 0.494 e. The molecule has 4 aromatic rings. The van der Waals surface area contributed by atoms with E-state index in [1.54, 1.807) is 72.8 Å². The van der Waals surface area contributed by atoms with Crippen molar-refractivity contribution in [2.24, 2.45) is 0 Å². The van der Waals surface area contributed by atoms with Gasteiger partial charge in [0.1, 0.15) is 23.0 Å². The van der Waals surface area contributed by atoms with Crippen LogP contribution in [0.5, 0.6) is 23.0 Å². The second-order valence-corrected chi connectivity index (χ2v) is 10.7. The highest BCUT2D eigenvalue weighted by atomic mass is 16.5. The Hall–Kier alpha value is -6.16. The van der Waals surface area contributed by atoms with Crippen LogP contribution in [0.2, 0.25) is 0 Å². The highest BCUT2D eigenvalue weighted by molar-refractivity contribution is 5.92. The zero-order chi connectivity index (χ0) is 35.6. The minimum absolute atomic E-state index is 0.307. The van der Waals surface area contributed by atoms with Crippen LogP contribution in [-0.2, 0) is 19.1 Å². The lowest BCUT2D eigenvalue weighted by atomic mass is 10.1. The van der Waals surface area contributed by atoms with Crippen molar-refractivity contribution in [2.45, 2.75) is 25.7 Å². The predicted molar refractivity (Wildman–Crippen MR) is 186 cm³/mol. The number of carbonyl (C=O) groups excluding carboxylic acids is 4. The third-order valence-corrected chi connectivity index (χ3v) is 7.08. The van der Waals surface area contributed by atoms with E-state index in [0.717, 1.165) is 23.3 Å². The number of ether oxygens (including phenoxy) is 6. The van der Waals surface area contributed by atoms with Crippen LogP contribution in [0.15, 0.2) is 122 Å². The van der Waals surface area contributed by atoms with E-state index in [0.29, 0.717) is 86.2 Å². The number of benzene rings is 4.